The Kier molecular flexibility index (Phi) is 5.59. The molecule has 9 heteroatoms. The number of piperidine rings is 1. The van der Waals surface area contributed by atoms with Crippen molar-refractivity contribution >= 4 is 35.1 Å². The van der Waals surface area contributed by atoms with Gasteiger partial charge in [-0.15, -0.1) is 11.8 Å². The Labute approximate surface area is 162 Å². The molecule has 0 radical (unpaired) electrons. The standard InChI is InChI=1S/C18H24N4O4S/c1-13(2)16(23)21-11-12-27-18(21)7-9-20(10-8-18)17(24)19-14-3-5-15(6-4-14)22(25)26/h3-6,13H,7-12H2,1-2H3,(H,19,24). The normalized spacial score (nSPS) is 18.8. The third-order valence-electron chi connectivity index (χ3n) is 5.10. The van der Waals surface area contributed by atoms with Crippen molar-refractivity contribution in [2.24, 2.45) is 5.92 Å². The summed E-state index contributed by atoms with van der Waals surface area (Å²) in [5.41, 5.74) is 0.513. The molecule has 3 rings (SSSR count). The highest BCUT2D eigenvalue weighted by molar-refractivity contribution is 8.00. The zero-order valence-electron chi connectivity index (χ0n) is 15.5. The van der Waals surface area contributed by atoms with Gasteiger partial charge in [-0.2, -0.15) is 0 Å². The van der Waals surface area contributed by atoms with Crippen molar-refractivity contribution in [2.75, 3.05) is 30.7 Å². The van der Waals surface area contributed by atoms with Gasteiger partial charge in [0.05, 0.1) is 9.79 Å². The van der Waals surface area contributed by atoms with E-state index in [1.54, 1.807) is 4.90 Å². The second kappa shape index (κ2) is 7.75. The van der Waals surface area contributed by atoms with Crippen LogP contribution in [-0.4, -0.2) is 56.9 Å². The second-order valence-electron chi connectivity index (χ2n) is 7.16. The van der Waals surface area contributed by atoms with Crippen LogP contribution >= 0.6 is 11.8 Å². The maximum Gasteiger partial charge on any atom is 0.321 e. The summed E-state index contributed by atoms with van der Waals surface area (Å²) in [5.74, 6) is 1.10. The van der Waals surface area contributed by atoms with Gasteiger partial charge in [-0.25, -0.2) is 4.79 Å². The lowest BCUT2D eigenvalue weighted by atomic mass is 10.0. The molecule has 0 atom stereocenters. The number of urea groups is 1. The van der Waals surface area contributed by atoms with Gasteiger partial charge >= 0.3 is 6.03 Å². The molecule has 1 aromatic rings. The summed E-state index contributed by atoms with van der Waals surface area (Å²) in [6, 6.07) is 5.56. The number of hydrogen-bond donors (Lipinski definition) is 1. The lowest BCUT2D eigenvalue weighted by molar-refractivity contribution is -0.384. The van der Waals surface area contributed by atoms with E-state index in [4.69, 9.17) is 0 Å². The fraction of sp³-hybridized carbons (Fsp3) is 0.556. The van der Waals surface area contributed by atoms with Crippen LogP contribution < -0.4 is 5.32 Å². The number of anilines is 1. The molecular formula is C18H24N4O4S. The number of nitro groups is 1. The predicted molar refractivity (Wildman–Crippen MR) is 105 cm³/mol. The molecule has 8 nitrogen and oxygen atoms in total. The fourth-order valence-corrected chi connectivity index (χ4v) is 5.04. The number of likely N-dealkylation sites (tertiary alicyclic amines) is 1. The van der Waals surface area contributed by atoms with Crippen LogP contribution in [0.5, 0.6) is 0 Å². The summed E-state index contributed by atoms with van der Waals surface area (Å²) < 4.78 is 0. The van der Waals surface area contributed by atoms with Crippen molar-refractivity contribution < 1.29 is 14.5 Å². The number of thioether (sulfide) groups is 1. The first-order valence-electron chi connectivity index (χ1n) is 9.08. The van der Waals surface area contributed by atoms with Crippen molar-refractivity contribution in [1.29, 1.82) is 0 Å². The largest absolute Gasteiger partial charge is 0.327 e. The van der Waals surface area contributed by atoms with Crippen LogP contribution in [0.15, 0.2) is 24.3 Å². The molecule has 3 amide bonds. The van der Waals surface area contributed by atoms with Crippen LogP contribution in [0.4, 0.5) is 16.2 Å². The lowest BCUT2D eigenvalue weighted by Gasteiger charge is -2.44. The minimum Gasteiger partial charge on any atom is -0.327 e. The molecule has 0 aromatic heterocycles. The van der Waals surface area contributed by atoms with E-state index in [9.17, 15) is 19.7 Å². The van der Waals surface area contributed by atoms with Crippen molar-refractivity contribution in [1.82, 2.24) is 9.80 Å². The number of nitro benzene ring substituents is 1. The summed E-state index contributed by atoms with van der Waals surface area (Å²) in [4.78, 5) is 38.8. The molecule has 0 bridgehead atoms. The molecule has 27 heavy (non-hydrogen) atoms. The number of hydrogen-bond acceptors (Lipinski definition) is 5. The maximum atomic E-state index is 12.5. The van der Waals surface area contributed by atoms with Gasteiger partial charge in [0.15, 0.2) is 0 Å². The van der Waals surface area contributed by atoms with Gasteiger partial charge in [-0.05, 0) is 25.0 Å². The average Bonchev–Trinajstić information content (AvgIpc) is 3.04. The van der Waals surface area contributed by atoms with Crippen LogP contribution in [0.1, 0.15) is 26.7 Å². The molecule has 2 aliphatic rings. The number of non-ortho nitro benzene ring substituents is 1. The SMILES string of the molecule is CC(C)C(=O)N1CCSC12CCN(C(=O)Nc1ccc([N+](=O)[O-])cc1)CC2. The average molecular weight is 392 g/mol. The van der Waals surface area contributed by atoms with Crippen molar-refractivity contribution in [2.45, 2.75) is 31.6 Å². The van der Waals surface area contributed by atoms with Gasteiger partial charge in [0.2, 0.25) is 5.91 Å². The van der Waals surface area contributed by atoms with Gasteiger partial charge in [-0.1, -0.05) is 13.8 Å². The Balaban J connectivity index is 1.59. The molecule has 2 heterocycles. The van der Waals surface area contributed by atoms with E-state index >= 15 is 0 Å². The van der Waals surface area contributed by atoms with Crippen molar-refractivity contribution in [3.63, 3.8) is 0 Å². The van der Waals surface area contributed by atoms with Crippen LogP contribution in [0.2, 0.25) is 0 Å². The number of nitrogens with zero attached hydrogens (tertiary/aromatic N) is 3. The van der Waals surface area contributed by atoms with Gasteiger partial charge < -0.3 is 15.1 Å². The number of rotatable bonds is 3. The first-order valence-corrected chi connectivity index (χ1v) is 10.1. The molecule has 2 fully saturated rings. The first kappa shape index (κ1) is 19.5. The molecule has 0 unspecified atom stereocenters. The molecule has 1 spiro atoms. The molecule has 2 aliphatic heterocycles. The summed E-state index contributed by atoms with van der Waals surface area (Å²) in [6.45, 7) is 5.77. The van der Waals surface area contributed by atoms with Gasteiger partial charge in [-0.3, -0.25) is 14.9 Å². The second-order valence-corrected chi connectivity index (χ2v) is 8.62. The Hall–Kier alpha value is -2.29. The van der Waals surface area contributed by atoms with Gasteiger partial charge in [0.1, 0.15) is 0 Å². The first-order chi connectivity index (χ1) is 12.8. The monoisotopic (exact) mass is 392 g/mol. The predicted octanol–water partition coefficient (Wildman–Crippen LogP) is 3.15. The smallest absolute Gasteiger partial charge is 0.321 e. The Morgan fingerprint density at radius 2 is 1.81 bits per heavy atom. The topological polar surface area (TPSA) is 95.8 Å². The number of benzene rings is 1. The van der Waals surface area contributed by atoms with E-state index in [0.29, 0.717) is 18.8 Å². The lowest BCUT2D eigenvalue weighted by Crippen LogP contribution is -2.55. The van der Waals surface area contributed by atoms with E-state index in [0.717, 1.165) is 25.1 Å². The number of amides is 3. The molecule has 146 valence electrons. The number of nitrogens with one attached hydrogen (secondary N) is 1. The number of carbonyl (C=O) groups excluding carboxylic acids is 2. The van der Waals surface area contributed by atoms with Gasteiger partial charge in [0, 0.05) is 49.1 Å². The zero-order valence-corrected chi connectivity index (χ0v) is 16.3. The Morgan fingerprint density at radius 1 is 1.19 bits per heavy atom. The Bertz CT molecular complexity index is 729. The van der Waals surface area contributed by atoms with E-state index in [2.05, 4.69) is 5.32 Å². The van der Waals surface area contributed by atoms with Crippen LogP contribution in [-0.2, 0) is 4.79 Å². The van der Waals surface area contributed by atoms with E-state index in [-0.39, 0.29) is 28.4 Å². The van der Waals surface area contributed by atoms with Crippen molar-refractivity contribution in [3.8, 4) is 0 Å². The zero-order chi connectivity index (χ0) is 19.6. The molecule has 1 aromatic carbocycles. The molecule has 2 saturated heterocycles. The highest BCUT2D eigenvalue weighted by Crippen LogP contribution is 2.44. The third-order valence-corrected chi connectivity index (χ3v) is 6.65. The van der Waals surface area contributed by atoms with Gasteiger partial charge in [0.25, 0.3) is 5.69 Å². The highest BCUT2D eigenvalue weighted by atomic mass is 32.2. The molecule has 0 saturated carbocycles. The fourth-order valence-electron chi connectivity index (χ4n) is 3.57. The van der Waals surface area contributed by atoms with Crippen LogP contribution in [0.3, 0.4) is 0 Å². The number of carbonyl (C=O) groups is 2. The quantitative estimate of drug-likeness (QED) is 0.630. The van der Waals surface area contributed by atoms with E-state index in [1.165, 1.54) is 24.3 Å². The summed E-state index contributed by atoms with van der Waals surface area (Å²) in [7, 11) is 0. The summed E-state index contributed by atoms with van der Waals surface area (Å²) >= 11 is 1.82. The Morgan fingerprint density at radius 3 is 2.37 bits per heavy atom. The van der Waals surface area contributed by atoms with Crippen LogP contribution in [0, 0.1) is 16.0 Å². The van der Waals surface area contributed by atoms with Crippen LogP contribution in [0.25, 0.3) is 0 Å². The molecule has 0 aliphatic carbocycles. The van der Waals surface area contributed by atoms with E-state index in [1.807, 2.05) is 30.5 Å². The van der Waals surface area contributed by atoms with Crippen molar-refractivity contribution in [3.05, 3.63) is 34.4 Å². The summed E-state index contributed by atoms with van der Waals surface area (Å²) in [5, 5.41) is 13.5. The third kappa shape index (κ3) is 4.02. The van der Waals surface area contributed by atoms with E-state index < -0.39 is 4.92 Å². The molecular weight excluding hydrogens is 368 g/mol. The minimum atomic E-state index is -0.473. The highest BCUT2D eigenvalue weighted by Gasteiger charge is 2.47. The summed E-state index contributed by atoms with van der Waals surface area (Å²) in [6.07, 6.45) is 1.51. The maximum absolute atomic E-state index is 12.5. The molecule has 1 N–H and O–H groups in total. The minimum absolute atomic E-state index is 0.0129.